The van der Waals surface area contributed by atoms with E-state index in [2.05, 4.69) is 15.3 Å². The number of hydrogen-bond donors (Lipinski definition) is 1. The highest BCUT2D eigenvalue weighted by Gasteiger charge is 2.26. The molecule has 0 unspecified atom stereocenters. The van der Waals surface area contributed by atoms with E-state index in [1.54, 1.807) is 11.0 Å². The number of benzene rings is 1. The lowest BCUT2D eigenvalue weighted by molar-refractivity contribution is -0.121. The van der Waals surface area contributed by atoms with Crippen LogP contribution in [0.2, 0.25) is 0 Å². The summed E-state index contributed by atoms with van der Waals surface area (Å²) in [6.07, 6.45) is 2.81. The first-order valence-electron chi connectivity index (χ1n) is 8.07. The molecule has 0 saturated heterocycles. The zero-order valence-electron chi connectivity index (χ0n) is 14.5. The van der Waals surface area contributed by atoms with Gasteiger partial charge in [0, 0.05) is 17.8 Å². The second-order valence-electron chi connectivity index (χ2n) is 5.90. The molecule has 1 aliphatic rings. The lowest BCUT2D eigenvalue weighted by Gasteiger charge is -2.29. The number of aromatic nitrogens is 2. The molecule has 25 heavy (non-hydrogen) atoms. The minimum absolute atomic E-state index is 0.0513. The van der Waals surface area contributed by atoms with Crippen LogP contribution in [0.3, 0.4) is 0 Å². The number of fused-ring (bicyclic) bond motifs is 1. The molecule has 1 aliphatic heterocycles. The summed E-state index contributed by atoms with van der Waals surface area (Å²) in [6.45, 7) is 3.94. The van der Waals surface area contributed by atoms with Gasteiger partial charge in [-0.05, 0) is 44.2 Å². The van der Waals surface area contributed by atoms with Gasteiger partial charge < -0.3 is 10.2 Å². The number of para-hydroxylation sites is 2. The zero-order valence-corrected chi connectivity index (χ0v) is 15.3. The van der Waals surface area contributed by atoms with Crippen LogP contribution in [-0.2, 0) is 16.0 Å². The Balaban J connectivity index is 1.77. The zero-order chi connectivity index (χ0) is 18.0. The predicted octanol–water partition coefficient (Wildman–Crippen LogP) is 2.73. The Morgan fingerprint density at radius 1 is 1.24 bits per heavy atom. The first kappa shape index (κ1) is 17.4. The Bertz CT molecular complexity index is 815. The minimum atomic E-state index is -0.174. The van der Waals surface area contributed by atoms with Gasteiger partial charge in [-0.25, -0.2) is 9.97 Å². The highest BCUT2D eigenvalue weighted by molar-refractivity contribution is 7.98. The van der Waals surface area contributed by atoms with Crippen LogP contribution in [0.4, 0.5) is 11.4 Å². The van der Waals surface area contributed by atoms with Gasteiger partial charge in [-0.15, -0.1) is 0 Å². The lowest BCUT2D eigenvalue weighted by Crippen LogP contribution is -2.42. The number of anilines is 2. The van der Waals surface area contributed by atoms with E-state index in [-0.39, 0.29) is 18.4 Å². The highest BCUT2D eigenvalue weighted by Crippen LogP contribution is 2.29. The number of carbonyl (C=O) groups is 2. The third kappa shape index (κ3) is 3.66. The maximum absolute atomic E-state index is 12.7. The first-order chi connectivity index (χ1) is 12.0. The van der Waals surface area contributed by atoms with Crippen LogP contribution in [0, 0.1) is 13.8 Å². The summed E-state index contributed by atoms with van der Waals surface area (Å²) in [4.78, 5) is 35.1. The molecule has 0 spiro atoms. The number of amides is 2. The van der Waals surface area contributed by atoms with Crippen LogP contribution < -0.4 is 10.2 Å². The van der Waals surface area contributed by atoms with Crippen molar-refractivity contribution in [1.82, 2.24) is 9.97 Å². The maximum atomic E-state index is 12.7. The second-order valence-corrected chi connectivity index (χ2v) is 6.68. The van der Waals surface area contributed by atoms with E-state index < -0.39 is 0 Å². The number of thioether (sulfide) groups is 1. The van der Waals surface area contributed by atoms with Crippen LogP contribution >= 0.6 is 11.8 Å². The monoisotopic (exact) mass is 356 g/mol. The lowest BCUT2D eigenvalue weighted by atomic mass is 10.1. The van der Waals surface area contributed by atoms with Crippen molar-refractivity contribution in [3.63, 3.8) is 0 Å². The molecule has 0 aliphatic carbocycles. The third-order valence-corrected chi connectivity index (χ3v) is 4.79. The van der Waals surface area contributed by atoms with Gasteiger partial charge in [0.2, 0.25) is 11.8 Å². The summed E-state index contributed by atoms with van der Waals surface area (Å²) in [5.74, 6) is -0.248. The number of rotatable bonds is 4. The molecular formula is C18H20N4O2S. The molecule has 0 radical (unpaired) electrons. The molecule has 2 amide bonds. The summed E-state index contributed by atoms with van der Waals surface area (Å²) < 4.78 is 0. The highest BCUT2D eigenvalue weighted by atomic mass is 32.2. The Kier molecular flexibility index (Phi) is 5.03. The molecule has 1 aromatic carbocycles. The second kappa shape index (κ2) is 7.23. The van der Waals surface area contributed by atoms with Gasteiger partial charge >= 0.3 is 0 Å². The van der Waals surface area contributed by atoms with Crippen LogP contribution in [0.25, 0.3) is 0 Å². The molecule has 0 bridgehead atoms. The molecule has 6 nitrogen and oxygen atoms in total. The molecule has 0 fully saturated rings. The molecule has 130 valence electrons. The Hall–Kier alpha value is -2.41. The maximum Gasteiger partial charge on any atom is 0.244 e. The van der Waals surface area contributed by atoms with Crippen LogP contribution in [0.1, 0.15) is 23.4 Å². The van der Waals surface area contributed by atoms with Gasteiger partial charge in [0.15, 0.2) is 5.16 Å². The molecule has 2 aromatic rings. The molecule has 7 heteroatoms. The summed E-state index contributed by atoms with van der Waals surface area (Å²) in [7, 11) is 0. The number of carbonyl (C=O) groups excluding carboxylic acids is 2. The molecule has 0 saturated carbocycles. The van der Waals surface area contributed by atoms with Crippen molar-refractivity contribution >= 4 is 35.0 Å². The van der Waals surface area contributed by atoms with E-state index in [9.17, 15) is 9.59 Å². The first-order valence-corrected chi connectivity index (χ1v) is 9.29. The van der Waals surface area contributed by atoms with Crippen LogP contribution in [-0.4, -0.2) is 34.6 Å². The number of nitrogens with zero attached hydrogens (tertiary/aromatic N) is 3. The SMILES string of the molecule is CSc1nc(C)c(CCC(=O)N2CC(=O)Nc3ccccc32)c(C)n1. The predicted molar refractivity (Wildman–Crippen MR) is 99.0 cm³/mol. The van der Waals surface area contributed by atoms with Crippen molar-refractivity contribution in [1.29, 1.82) is 0 Å². The topological polar surface area (TPSA) is 75.2 Å². The van der Waals surface area contributed by atoms with Gasteiger partial charge in [0.1, 0.15) is 6.54 Å². The molecule has 0 atom stereocenters. The molecule has 3 rings (SSSR count). The van der Waals surface area contributed by atoms with Gasteiger partial charge in [-0.2, -0.15) is 0 Å². The standard InChI is InChI=1S/C18H20N4O2S/c1-11-13(12(2)20-18(19-11)25-3)8-9-17(24)22-10-16(23)21-14-6-4-5-7-15(14)22/h4-7H,8-10H2,1-3H3,(H,21,23). The minimum Gasteiger partial charge on any atom is -0.323 e. The fourth-order valence-corrected chi connectivity index (χ4v) is 3.44. The average molecular weight is 356 g/mol. The van der Waals surface area contributed by atoms with Gasteiger partial charge in [0.25, 0.3) is 0 Å². The van der Waals surface area contributed by atoms with E-state index in [0.29, 0.717) is 18.5 Å². The molecule has 2 heterocycles. The van der Waals surface area contributed by atoms with Crippen molar-refractivity contribution in [2.45, 2.75) is 31.8 Å². The Labute approximate surface area is 151 Å². The Morgan fingerprint density at radius 2 is 1.92 bits per heavy atom. The summed E-state index contributed by atoms with van der Waals surface area (Å²) >= 11 is 1.50. The van der Waals surface area contributed by atoms with E-state index >= 15 is 0 Å². The van der Waals surface area contributed by atoms with E-state index in [4.69, 9.17) is 0 Å². The van der Waals surface area contributed by atoms with Crippen molar-refractivity contribution in [3.8, 4) is 0 Å². The van der Waals surface area contributed by atoms with Crippen molar-refractivity contribution in [3.05, 3.63) is 41.2 Å². The van der Waals surface area contributed by atoms with Crippen LogP contribution in [0.15, 0.2) is 29.4 Å². The Morgan fingerprint density at radius 3 is 2.60 bits per heavy atom. The van der Waals surface area contributed by atoms with Crippen molar-refractivity contribution in [2.24, 2.45) is 0 Å². The summed E-state index contributed by atoms with van der Waals surface area (Å²) in [6, 6.07) is 7.35. The largest absolute Gasteiger partial charge is 0.323 e. The molecular weight excluding hydrogens is 336 g/mol. The normalized spacial score (nSPS) is 13.4. The number of nitrogens with one attached hydrogen (secondary N) is 1. The smallest absolute Gasteiger partial charge is 0.244 e. The quantitative estimate of drug-likeness (QED) is 0.673. The fourth-order valence-electron chi connectivity index (χ4n) is 2.98. The molecule has 1 aromatic heterocycles. The van der Waals surface area contributed by atoms with Crippen molar-refractivity contribution in [2.75, 3.05) is 23.0 Å². The third-order valence-electron chi connectivity index (χ3n) is 4.24. The number of aryl methyl sites for hydroxylation is 2. The van der Waals surface area contributed by atoms with Gasteiger partial charge in [-0.3, -0.25) is 9.59 Å². The van der Waals surface area contributed by atoms with Gasteiger partial charge in [-0.1, -0.05) is 23.9 Å². The van der Waals surface area contributed by atoms with E-state index in [1.807, 2.05) is 38.3 Å². The van der Waals surface area contributed by atoms with E-state index in [1.165, 1.54) is 11.8 Å². The van der Waals surface area contributed by atoms with E-state index in [0.717, 1.165) is 27.8 Å². The van der Waals surface area contributed by atoms with Crippen LogP contribution in [0.5, 0.6) is 0 Å². The fraction of sp³-hybridized carbons (Fsp3) is 0.333. The average Bonchev–Trinajstić information content (AvgIpc) is 2.59. The summed E-state index contributed by atoms with van der Waals surface area (Å²) in [5, 5.41) is 3.54. The van der Waals surface area contributed by atoms with Crippen molar-refractivity contribution < 1.29 is 9.59 Å². The summed E-state index contributed by atoms with van der Waals surface area (Å²) in [5.41, 5.74) is 4.23. The number of hydrogen-bond acceptors (Lipinski definition) is 5. The molecule has 1 N–H and O–H groups in total. The van der Waals surface area contributed by atoms with Gasteiger partial charge in [0.05, 0.1) is 11.4 Å².